The third-order valence-corrected chi connectivity index (χ3v) is 3.77. The van der Waals surface area contributed by atoms with Crippen LogP contribution in [0.1, 0.15) is 55.4 Å². The number of hydrogen-bond acceptors (Lipinski definition) is 6. The van der Waals surface area contributed by atoms with Crippen LogP contribution in [-0.2, 0) is 13.2 Å². The molecule has 0 amide bonds. The zero-order valence-corrected chi connectivity index (χ0v) is 11.9. The van der Waals surface area contributed by atoms with Crippen molar-refractivity contribution in [3.8, 4) is 5.75 Å². The van der Waals surface area contributed by atoms with Gasteiger partial charge in [0, 0.05) is 5.92 Å². The number of rotatable bonds is 5. The summed E-state index contributed by atoms with van der Waals surface area (Å²) in [7, 11) is 0. The maximum atomic E-state index is 8.93. The molecule has 6 nitrogen and oxygen atoms in total. The van der Waals surface area contributed by atoms with Crippen LogP contribution in [0.15, 0.2) is 22.9 Å². The van der Waals surface area contributed by atoms with Gasteiger partial charge >= 0.3 is 0 Å². The third kappa shape index (κ3) is 3.58. The fourth-order valence-electron chi connectivity index (χ4n) is 2.58. The summed E-state index contributed by atoms with van der Waals surface area (Å²) in [6.45, 7) is 0.187. The van der Waals surface area contributed by atoms with Crippen LogP contribution in [0, 0.1) is 0 Å². The summed E-state index contributed by atoms with van der Waals surface area (Å²) in [6.07, 6.45) is 7.62. The van der Waals surface area contributed by atoms with Crippen LogP contribution < -0.4 is 4.74 Å². The molecule has 0 spiro atoms. The Morgan fingerprint density at radius 3 is 2.81 bits per heavy atom. The first kappa shape index (κ1) is 14.0. The molecule has 2 aromatic rings. The van der Waals surface area contributed by atoms with Crippen molar-refractivity contribution < 1.29 is 14.4 Å². The highest BCUT2D eigenvalue weighted by Gasteiger charge is 2.21. The summed E-state index contributed by atoms with van der Waals surface area (Å²) in [5, 5.41) is 12.9. The monoisotopic (exact) mass is 289 g/mol. The highest BCUT2D eigenvalue weighted by atomic mass is 16.5. The van der Waals surface area contributed by atoms with E-state index in [4.69, 9.17) is 14.4 Å². The van der Waals surface area contributed by atoms with Gasteiger partial charge in [0.05, 0.1) is 18.5 Å². The van der Waals surface area contributed by atoms with Crippen LogP contribution in [0.5, 0.6) is 5.75 Å². The fraction of sp³-hybridized carbons (Fsp3) is 0.533. The minimum absolute atomic E-state index is 0.0735. The molecule has 0 saturated heterocycles. The van der Waals surface area contributed by atoms with E-state index in [0.29, 0.717) is 23.2 Å². The van der Waals surface area contributed by atoms with E-state index in [1.54, 1.807) is 18.3 Å². The smallest absolute Gasteiger partial charge is 0.229 e. The Morgan fingerprint density at radius 1 is 1.24 bits per heavy atom. The molecule has 6 heteroatoms. The number of aliphatic hydroxyl groups is 1. The third-order valence-electron chi connectivity index (χ3n) is 3.77. The molecule has 0 bridgehead atoms. The Balaban J connectivity index is 1.56. The van der Waals surface area contributed by atoms with Gasteiger partial charge in [-0.15, -0.1) is 0 Å². The first-order valence-corrected chi connectivity index (χ1v) is 7.36. The number of pyridine rings is 1. The van der Waals surface area contributed by atoms with Crippen molar-refractivity contribution in [2.24, 2.45) is 0 Å². The zero-order chi connectivity index (χ0) is 14.5. The van der Waals surface area contributed by atoms with Crippen LogP contribution in [0.2, 0.25) is 0 Å². The zero-order valence-electron chi connectivity index (χ0n) is 11.9. The van der Waals surface area contributed by atoms with Gasteiger partial charge in [0.1, 0.15) is 5.75 Å². The van der Waals surface area contributed by atoms with Crippen molar-refractivity contribution >= 4 is 0 Å². The van der Waals surface area contributed by atoms with Crippen molar-refractivity contribution in [1.82, 2.24) is 15.1 Å². The first-order valence-electron chi connectivity index (χ1n) is 7.36. The van der Waals surface area contributed by atoms with Crippen molar-refractivity contribution in [3.63, 3.8) is 0 Å². The molecular weight excluding hydrogens is 270 g/mol. The molecule has 21 heavy (non-hydrogen) atoms. The highest BCUT2D eigenvalue weighted by Crippen LogP contribution is 2.31. The molecule has 1 N–H and O–H groups in total. The largest absolute Gasteiger partial charge is 0.484 e. The molecule has 0 unspecified atom stereocenters. The van der Waals surface area contributed by atoms with E-state index in [9.17, 15) is 0 Å². The van der Waals surface area contributed by atoms with Crippen LogP contribution in [0.25, 0.3) is 0 Å². The van der Waals surface area contributed by atoms with Gasteiger partial charge in [-0.2, -0.15) is 4.98 Å². The van der Waals surface area contributed by atoms with Crippen LogP contribution in [0.3, 0.4) is 0 Å². The molecule has 0 atom stereocenters. The van der Waals surface area contributed by atoms with E-state index < -0.39 is 0 Å². The normalized spacial score (nSPS) is 16.0. The van der Waals surface area contributed by atoms with E-state index >= 15 is 0 Å². The summed E-state index contributed by atoms with van der Waals surface area (Å²) in [6, 6.07) is 3.49. The summed E-state index contributed by atoms with van der Waals surface area (Å²) >= 11 is 0. The second-order valence-electron chi connectivity index (χ2n) is 5.32. The van der Waals surface area contributed by atoms with E-state index in [-0.39, 0.29) is 13.2 Å². The standard InChI is InChI=1S/C15H19N3O3/c19-9-12-6-7-13(8-16-12)20-10-14-17-15(21-18-14)11-4-2-1-3-5-11/h6-8,11,19H,1-5,9-10H2. The Bertz CT molecular complexity index is 562. The second-order valence-corrected chi connectivity index (χ2v) is 5.32. The lowest BCUT2D eigenvalue weighted by Gasteiger charge is -2.17. The molecule has 0 radical (unpaired) electrons. The Hall–Kier alpha value is -1.95. The first-order chi connectivity index (χ1) is 10.3. The highest BCUT2D eigenvalue weighted by molar-refractivity contribution is 5.19. The summed E-state index contributed by atoms with van der Waals surface area (Å²) in [5.74, 6) is 2.32. The molecule has 0 aliphatic heterocycles. The molecule has 112 valence electrons. The average molecular weight is 289 g/mol. The lowest BCUT2D eigenvalue weighted by atomic mass is 9.89. The molecule has 2 aromatic heterocycles. The molecule has 3 rings (SSSR count). The average Bonchev–Trinajstić information content (AvgIpc) is 3.03. The van der Waals surface area contributed by atoms with E-state index in [1.165, 1.54) is 19.3 Å². The number of nitrogens with zero attached hydrogens (tertiary/aromatic N) is 3. The van der Waals surface area contributed by atoms with Gasteiger partial charge in [-0.1, -0.05) is 24.4 Å². The van der Waals surface area contributed by atoms with Crippen LogP contribution in [-0.4, -0.2) is 20.2 Å². The Morgan fingerprint density at radius 2 is 2.10 bits per heavy atom. The van der Waals surface area contributed by atoms with Gasteiger partial charge in [-0.25, -0.2) is 0 Å². The van der Waals surface area contributed by atoms with Crippen molar-refractivity contribution in [2.75, 3.05) is 0 Å². The Labute approximate surface area is 123 Å². The maximum Gasteiger partial charge on any atom is 0.229 e. The van der Waals surface area contributed by atoms with Gasteiger partial charge in [-0.3, -0.25) is 4.98 Å². The number of ether oxygens (including phenoxy) is 1. The molecule has 0 aromatic carbocycles. The van der Waals surface area contributed by atoms with E-state index in [0.717, 1.165) is 18.7 Å². The lowest BCUT2D eigenvalue weighted by Crippen LogP contribution is -2.05. The van der Waals surface area contributed by atoms with Gasteiger partial charge in [0.15, 0.2) is 6.61 Å². The van der Waals surface area contributed by atoms with Crippen molar-refractivity contribution in [3.05, 3.63) is 35.7 Å². The predicted octanol–water partition coefficient (Wildman–Crippen LogP) is 2.58. The Kier molecular flexibility index (Phi) is 4.45. The maximum absolute atomic E-state index is 8.93. The number of aliphatic hydroxyl groups excluding tert-OH is 1. The molecular formula is C15H19N3O3. The van der Waals surface area contributed by atoms with Gasteiger partial charge < -0.3 is 14.4 Å². The summed E-state index contributed by atoms with van der Waals surface area (Å²) in [4.78, 5) is 8.47. The lowest BCUT2D eigenvalue weighted by molar-refractivity contribution is 0.271. The van der Waals surface area contributed by atoms with Crippen molar-refractivity contribution in [2.45, 2.75) is 51.2 Å². The number of hydrogen-bond donors (Lipinski definition) is 1. The van der Waals surface area contributed by atoms with Gasteiger partial charge in [0.25, 0.3) is 0 Å². The molecule has 1 fully saturated rings. The fourth-order valence-corrected chi connectivity index (χ4v) is 2.58. The molecule has 1 aliphatic carbocycles. The number of aromatic nitrogens is 3. The summed E-state index contributed by atoms with van der Waals surface area (Å²) in [5.41, 5.74) is 0.612. The molecule has 2 heterocycles. The predicted molar refractivity (Wildman–Crippen MR) is 74.6 cm³/mol. The minimum Gasteiger partial charge on any atom is -0.484 e. The quantitative estimate of drug-likeness (QED) is 0.911. The SMILES string of the molecule is OCc1ccc(OCc2noc(C3CCCCC3)n2)cn1. The molecule has 1 aliphatic rings. The second kappa shape index (κ2) is 6.67. The van der Waals surface area contributed by atoms with E-state index in [2.05, 4.69) is 15.1 Å². The van der Waals surface area contributed by atoms with Crippen molar-refractivity contribution in [1.29, 1.82) is 0 Å². The topological polar surface area (TPSA) is 81.3 Å². The van der Waals surface area contributed by atoms with Gasteiger partial charge in [0.2, 0.25) is 11.7 Å². The molecule has 1 saturated carbocycles. The van der Waals surface area contributed by atoms with E-state index in [1.807, 2.05) is 0 Å². The summed E-state index contributed by atoms with van der Waals surface area (Å²) < 4.78 is 10.9. The van der Waals surface area contributed by atoms with Crippen LogP contribution in [0.4, 0.5) is 0 Å². The minimum atomic E-state index is -0.0735. The van der Waals surface area contributed by atoms with Crippen LogP contribution >= 0.6 is 0 Å². The van der Waals surface area contributed by atoms with Gasteiger partial charge in [-0.05, 0) is 25.0 Å².